The van der Waals surface area contributed by atoms with Crippen molar-refractivity contribution in [1.82, 2.24) is 0 Å². The minimum Gasteiger partial charge on any atom is -0.495 e. The normalized spacial score (nSPS) is 13.5. The van der Waals surface area contributed by atoms with Crippen LogP contribution < -0.4 is 19.7 Å². The molecule has 0 spiro atoms. The van der Waals surface area contributed by atoms with Gasteiger partial charge in [-0.1, -0.05) is 23.7 Å². The third-order valence-corrected chi connectivity index (χ3v) is 5.34. The molecule has 0 radical (unpaired) electrons. The highest BCUT2D eigenvalue weighted by atomic mass is 35.5. The Hall–Kier alpha value is -3.84. The monoisotopic (exact) mass is 466 g/mol. The summed E-state index contributed by atoms with van der Waals surface area (Å²) in [7, 11) is 1.47. The zero-order valence-electron chi connectivity index (χ0n) is 17.9. The molecule has 3 aromatic carbocycles. The number of methoxy groups -OCH3 is 1. The number of benzene rings is 3. The molecular formula is C25H20ClFN2O4. The maximum absolute atomic E-state index is 13.5. The first-order chi connectivity index (χ1) is 15.9. The summed E-state index contributed by atoms with van der Waals surface area (Å²) in [5.41, 5.74) is 1.48. The van der Waals surface area contributed by atoms with Crippen molar-refractivity contribution in [2.45, 2.75) is 6.92 Å². The Morgan fingerprint density at radius 2 is 1.67 bits per heavy atom. The van der Waals surface area contributed by atoms with Gasteiger partial charge in [0.1, 0.15) is 23.0 Å². The van der Waals surface area contributed by atoms with Crippen molar-refractivity contribution in [1.29, 1.82) is 0 Å². The molecule has 1 aliphatic heterocycles. The number of anilines is 2. The van der Waals surface area contributed by atoms with Crippen LogP contribution >= 0.6 is 11.6 Å². The van der Waals surface area contributed by atoms with Gasteiger partial charge < -0.3 is 14.8 Å². The van der Waals surface area contributed by atoms with E-state index in [1.54, 1.807) is 36.4 Å². The second-order valence-corrected chi connectivity index (χ2v) is 7.51. The van der Waals surface area contributed by atoms with Crippen molar-refractivity contribution < 1.29 is 23.5 Å². The van der Waals surface area contributed by atoms with E-state index >= 15 is 0 Å². The van der Waals surface area contributed by atoms with Crippen LogP contribution in [0, 0.1) is 5.82 Å². The van der Waals surface area contributed by atoms with Crippen LogP contribution in [0.3, 0.4) is 0 Å². The van der Waals surface area contributed by atoms with E-state index < -0.39 is 17.6 Å². The van der Waals surface area contributed by atoms with E-state index in [0.717, 1.165) is 4.90 Å². The van der Waals surface area contributed by atoms with Crippen LogP contribution in [0.25, 0.3) is 5.57 Å². The number of hydrogen-bond acceptors (Lipinski definition) is 5. The van der Waals surface area contributed by atoms with E-state index in [2.05, 4.69) is 5.32 Å². The van der Waals surface area contributed by atoms with Gasteiger partial charge in [-0.05, 0) is 67.1 Å². The Labute approximate surface area is 195 Å². The third-order valence-electron chi connectivity index (χ3n) is 5.05. The first-order valence-electron chi connectivity index (χ1n) is 10.2. The number of carbonyl (C=O) groups is 2. The molecule has 1 aliphatic rings. The molecule has 0 bridgehead atoms. The SMILES string of the molecule is CCOc1ccc(NC2=C(c3ccc(F)cc3)C(=O)N(c3ccc(OC)c(Cl)c3)C2=O)cc1. The number of amides is 2. The van der Waals surface area contributed by atoms with E-state index in [1.807, 2.05) is 6.92 Å². The predicted molar refractivity (Wildman–Crippen MR) is 125 cm³/mol. The molecule has 3 aromatic rings. The van der Waals surface area contributed by atoms with Gasteiger partial charge in [0.25, 0.3) is 11.8 Å². The van der Waals surface area contributed by atoms with E-state index in [9.17, 15) is 14.0 Å². The minimum absolute atomic E-state index is 0.0720. The molecule has 2 amide bonds. The van der Waals surface area contributed by atoms with Gasteiger partial charge in [-0.2, -0.15) is 0 Å². The standard InChI is InChI=1S/C25H20ClFN2O4/c1-3-33-19-11-8-17(9-12-19)28-23-22(15-4-6-16(27)7-5-15)24(30)29(25(23)31)18-10-13-21(32-2)20(26)14-18/h4-14,28H,3H2,1-2H3. The van der Waals surface area contributed by atoms with Gasteiger partial charge in [-0.3, -0.25) is 9.59 Å². The second-order valence-electron chi connectivity index (χ2n) is 7.10. The highest BCUT2D eigenvalue weighted by Gasteiger charge is 2.40. The zero-order chi connectivity index (χ0) is 23.5. The summed E-state index contributed by atoms with van der Waals surface area (Å²) in [5, 5.41) is 3.31. The van der Waals surface area contributed by atoms with E-state index in [1.165, 1.54) is 37.4 Å². The average Bonchev–Trinajstić information content (AvgIpc) is 3.05. The maximum atomic E-state index is 13.5. The fourth-order valence-corrected chi connectivity index (χ4v) is 3.76. The topological polar surface area (TPSA) is 67.9 Å². The number of halogens is 2. The van der Waals surface area contributed by atoms with Gasteiger partial charge in [0.15, 0.2) is 0 Å². The summed E-state index contributed by atoms with van der Waals surface area (Å²) in [6.07, 6.45) is 0. The summed E-state index contributed by atoms with van der Waals surface area (Å²) in [6.45, 7) is 2.41. The van der Waals surface area contributed by atoms with Crippen molar-refractivity contribution in [3.63, 3.8) is 0 Å². The van der Waals surface area contributed by atoms with E-state index in [0.29, 0.717) is 35.0 Å². The Bertz CT molecular complexity index is 1240. The molecule has 0 unspecified atom stereocenters. The van der Waals surface area contributed by atoms with Gasteiger partial charge in [0, 0.05) is 5.69 Å². The van der Waals surface area contributed by atoms with E-state index in [-0.39, 0.29) is 16.3 Å². The maximum Gasteiger partial charge on any atom is 0.282 e. The summed E-state index contributed by atoms with van der Waals surface area (Å²) in [6, 6.07) is 17.0. The molecule has 6 nitrogen and oxygen atoms in total. The number of nitrogens with one attached hydrogen (secondary N) is 1. The van der Waals surface area contributed by atoms with Crippen molar-refractivity contribution in [2.24, 2.45) is 0 Å². The van der Waals surface area contributed by atoms with Crippen molar-refractivity contribution in [3.05, 3.63) is 88.8 Å². The summed E-state index contributed by atoms with van der Waals surface area (Å²) in [4.78, 5) is 27.9. The van der Waals surface area contributed by atoms with Gasteiger partial charge >= 0.3 is 0 Å². The minimum atomic E-state index is -0.561. The predicted octanol–water partition coefficient (Wildman–Crippen LogP) is 5.28. The molecule has 0 atom stereocenters. The summed E-state index contributed by atoms with van der Waals surface area (Å²) >= 11 is 6.22. The summed E-state index contributed by atoms with van der Waals surface area (Å²) < 4.78 is 24.1. The first kappa shape index (κ1) is 22.4. The zero-order valence-corrected chi connectivity index (χ0v) is 18.7. The Kier molecular flexibility index (Phi) is 6.33. The number of carbonyl (C=O) groups excluding carboxylic acids is 2. The number of rotatable bonds is 7. The lowest BCUT2D eigenvalue weighted by Gasteiger charge is -2.16. The Morgan fingerprint density at radius 3 is 2.27 bits per heavy atom. The lowest BCUT2D eigenvalue weighted by molar-refractivity contribution is -0.120. The number of hydrogen-bond donors (Lipinski definition) is 1. The highest BCUT2D eigenvalue weighted by molar-refractivity contribution is 6.46. The van der Waals surface area contributed by atoms with Crippen LogP contribution in [-0.4, -0.2) is 25.5 Å². The molecule has 4 rings (SSSR count). The van der Waals surface area contributed by atoms with Gasteiger partial charge in [0.2, 0.25) is 0 Å². The van der Waals surface area contributed by atoms with Gasteiger partial charge in [-0.15, -0.1) is 0 Å². The Balaban J connectivity index is 1.76. The van der Waals surface area contributed by atoms with Gasteiger partial charge in [-0.25, -0.2) is 9.29 Å². The molecule has 1 heterocycles. The van der Waals surface area contributed by atoms with Crippen LogP contribution in [0.15, 0.2) is 72.4 Å². The Morgan fingerprint density at radius 1 is 0.970 bits per heavy atom. The smallest absolute Gasteiger partial charge is 0.282 e. The van der Waals surface area contributed by atoms with Crippen molar-refractivity contribution in [3.8, 4) is 11.5 Å². The summed E-state index contributed by atoms with van der Waals surface area (Å²) in [5.74, 6) is -0.468. The quantitative estimate of drug-likeness (QED) is 0.480. The molecule has 0 fully saturated rings. The number of ether oxygens (including phenoxy) is 2. The van der Waals surface area contributed by atoms with Crippen LogP contribution in [0.2, 0.25) is 5.02 Å². The average molecular weight is 467 g/mol. The van der Waals surface area contributed by atoms with Crippen LogP contribution in [0.5, 0.6) is 11.5 Å². The first-order valence-corrected chi connectivity index (χ1v) is 10.5. The molecule has 0 saturated carbocycles. The van der Waals surface area contributed by atoms with Crippen LogP contribution in [0.1, 0.15) is 12.5 Å². The molecule has 0 saturated heterocycles. The third kappa shape index (κ3) is 4.40. The largest absolute Gasteiger partial charge is 0.495 e. The second kappa shape index (κ2) is 9.34. The van der Waals surface area contributed by atoms with Crippen LogP contribution in [0.4, 0.5) is 15.8 Å². The van der Waals surface area contributed by atoms with E-state index in [4.69, 9.17) is 21.1 Å². The fraction of sp³-hybridized carbons (Fsp3) is 0.120. The molecule has 1 N–H and O–H groups in total. The number of nitrogens with zero attached hydrogens (tertiary/aromatic N) is 1. The lowest BCUT2D eigenvalue weighted by atomic mass is 10.0. The number of imide groups is 1. The fourth-order valence-electron chi connectivity index (χ4n) is 3.50. The highest BCUT2D eigenvalue weighted by Crippen LogP contribution is 2.36. The van der Waals surface area contributed by atoms with Crippen molar-refractivity contribution in [2.75, 3.05) is 23.9 Å². The van der Waals surface area contributed by atoms with Gasteiger partial charge in [0.05, 0.1) is 30.0 Å². The molecule has 168 valence electrons. The molecule has 8 heteroatoms. The molecule has 0 aliphatic carbocycles. The lowest BCUT2D eigenvalue weighted by Crippen LogP contribution is -2.32. The van der Waals surface area contributed by atoms with Crippen molar-refractivity contribution >= 4 is 40.4 Å². The molecule has 33 heavy (non-hydrogen) atoms. The van der Waals surface area contributed by atoms with Crippen LogP contribution in [-0.2, 0) is 9.59 Å². The molecular weight excluding hydrogens is 447 g/mol. The molecule has 0 aromatic heterocycles.